The number of rotatable bonds is 6. The van der Waals surface area contributed by atoms with Crippen molar-refractivity contribution in [2.75, 3.05) is 24.6 Å². The van der Waals surface area contributed by atoms with E-state index in [4.69, 9.17) is 16.3 Å². The van der Waals surface area contributed by atoms with E-state index >= 15 is 0 Å². The Hall–Kier alpha value is -2.10. The first-order valence-corrected chi connectivity index (χ1v) is 12.5. The second-order valence-corrected chi connectivity index (χ2v) is 10.0. The zero-order chi connectivity index (χ0) is 22.1. The molecule has 0 radical (unpaired) electrons. The standard InChI is InChI=1S/C22H27ClN6O2S/c1-15-6-8-27(9-7-15)21-25-26-22(29(21)13-18-3-2-10-31-18)32-14-17-11-20(30)28-12-16(23)4-5-19(28)24-17/h4-5,11-12,15,18H,2-3,6-10,13-14H2,1H3. The number of aromatic nitrogens is 5. The smallest absolute Gasteiger partial charge is 0.258 e. The second-order valence-electron chi connectivity index (χ2n) is 8.65. The number of hydrogen-bond donors (Lipinski definition) is 0. The summed E-state index contributed by atoms with van der Waals surface area (Å²) in [5.74, 6) is 2.22. The predicted octanol–water partition coefficient (Wildman–Crippen LogP) is 3.65. The van der Waals surface area contributed by atoms with Crippen LogP contribution in [0.25, 0.3) is 5.65 Å². The molecule has 2 saturated heterocycles. The van der Waals surface area contributed by atoms with Gasteiger partial charge in [0.15, 0.2) is 5.16 Å². The molecular formula is C22H27ClN6O2S. The second kappa shape index (κ2) is 9.41. The Morgan fingerprint density at radius 2 is 2.06 bits per heavy atom. The molecule has 2 aliphatic heterocycles. The third kappa shape index (κ3) is 4.65. The monoisotopic (exact) mass is 474 g/mol. The number of anilines is 1. The van der Waals surface area contributed by atoms with E-state index in [-0.39, 0.29) is 11.7 Å². The van der Waals surface area contributed by atoms with Gasteiger partial charge in [-0.25, -0.2) is 4.98 Å². The van der Waals surface area contributed by atoms with Crippen molar-refractivity contribution in [2.24, 2.45) is 5.92 Å². The molecule has 0 bridgehead atoms. The summed E-state index contributed by atoms with van der Waals surface area (Å²) in [5, 5.41) is 10.4. The van der Waals surface area contributed by atoms with Gasteiger partial charge in [0.25, 0.3) is 5.56 Å². The van der Waals surface area contributed by atoms with Crippen molar-refractivity contribution < 1.29 is 4.74 Å². The van der Waals surface area contributed by atoms with Crippen molar-refractivity contribution in [3.63, 3.8) is 0 Å². The maximum Gasteiger partial charge on any atom is 0.258 e. The molecule has 0 aliphatic carbocycles. The Labute approximate surface area is 195 Å². The van der Waals surface area contributed by atoms with Gasteiger partial charge in [-0.2, -0.15) is 0 Å². The van der Waals surface area contributed by atoms with E-state index in [1.54, 1.807) is 36.2 Å². The zero-order valence-electron chi connectivity index (χ0n) is 18.1. The number of hydrogen-bond acceptors (Lipinski definition) is 7. The summed E-state index contributed by atoms with van der Waals surface area (Å²) in [6.07, 6.45) is 6.29. The molecule has 5 rings (SSSR count). The SMILES string of the molecule is CC1CCN(c2nnc(SCc3cc(=O)n4cc(Cl)ccc4n3)n2CC2CCCO2)CC1. The summed E-state index contributed by atoms with van der Waals surface area (Å²) in [7, 11) is 0. The molecule has 1 atom stereocenters. The van der Waals surface area contributed by atoms with Crippen LogP contribution >= 0.6 is 23.4 Å². The van der Waals surface area contributed by atoms with Crippen LogP contribution in [0.1, 0.15) is 38.3 Å². The lowest BCUT2D eigenvalue weighted by atomic mass is 10.00. The first kappa shape index (κ1) is 21.7. The third-order valence-corrected chi connectivity index (χ3v) is 7.42. The van der Waals surface area contributed by atoms with Gasteiger partial charge in [0.05, 0.1) is 23.4 Å². The summed E-state index contributed by atoms with van der Waals surface area (Å²) in [4.78, 5) is 19.5. The molecule has 5 heterocycles. The van der Waals surface area contributed by atoms with Crippen molar-refractivity contribution in [1.82, 2.24) is 24.1 Å². The number of pyridine rings is 1. The van der Waals surface area contributed by atoms with Crippen molar-refractivity contribution in [1.29, 1.82) is 0 Å². The lowest BCUT2D eigenvalue weighted by molar-refractivity contribution is 0.0951. The molecule has 0 saturated carbocycles. The van der Waals surface area contributed by atoms with Gasteiger partial charge in [0, 0.05) is 37.7 Å². The molecule has 0 spiro atoms. The molecule has 0 aromatic carbocycles. The summed E-state index contributed by atoms with van der Waals surface area (Å²) in [6.45, 7) is 5.88. The Morgan fingerprint density at radius 3 is 2.84 bits per heavy atom. The molecule has 3 aromatic heterocycles. The Kier molecular flexibility index (Phi) is 6.39. The quantitative estimate of drug-likeness (QED) is 0.504. The molecule has 32 heavy (non-hydrogen) atoms. The van der Waals surface area contributed by atoms with E-state index in [1.807, 2.05) is 0 Å². The van der Waals surface area contributed by atoms with Gasteiger partial charge in [0.2, 0.25) is 5.95 Å². The molecule has 0 amide bonds. The number of nitrogens with zero attached hydrogens (tertiary/aromatic N) is 6. The normalized spacial score (nSPS) is 19.8. The van der Waals surface area contributed by atoms with Gasteiger partial charge in [-0.1, -0.05) is 30.3 Å². The minimum Gasteiger partial charge on any atom is -0.376 e. The largest absolute Gasteiger partial charge is 0.376 e. The van der Waals surface area contributed by atoms with Gasteiger partial charge < -0.3 is 9.64 Å². The number of piperidine rings is 1. The Bertz CT molecular complexity index is 1150. The lowest BCUT2D eigenvalue weighted by Crippen LogP contribution is -2.35. The van der Waals surface area contributed by atoms with E-state index in [2.05, 4.69) is 31.6 Å². The van der Waals surface area contributed by atoms with E-state index < -0.39 is 0 Å². The zero-order valence-corrected chi connectivity index (χ0v) is 19.7. The fourth-order valence-electron chi connectivity index (χ4n) is 4.32. The van der Waals surface area contributed by atoms with Crippen LogP contribution in [0.5, 0.6) is 0 Å². The molecule has 2 aliphatic rings. The van der Waals surface area contributed by atoms with Gasteiger partial charge in [0.1, 0.15) is 5.65 Å². The summed E-state index contributed by atoms with van der Waals surface area (Å²) < 4.78 is 9.57. The van der Waals surface area contributed by atoms with Crippen LogP contribution in [0, 0.1) is 5.92 Å². The minimum absolute atomic E-state index is 0.142. The van der Waals surface area contributed by atoms with Gasteiger partial charge in [-0.05, 0) is 43.7 Å². The maximum absolute atomic E-state index is 12.5. The summed E-state index contributed by atoms with van der Waals surface area (Å²) in [6, 6.07) is 5.06. The first-order valence-electron chi connectivity index (χ1n) is 11.2. The van der Waals surface area contributed by atoms with Crippen LogP contribution in [-0.2, 0) is 17.0 Å². The van der Waals surface area contributed by atoms with Crippen LogP contribution in [0.4, 0.5) is 5.95 Å². The highest BCUT2D eigenvalue weighted by Crippen LogP contribution is 2.29. The average molecular weight is 475 g/mol. The lowest BCUT2D eigenvalue weighted by Gasteiger charge is -2.31. The molecule has 1 unspecified atom stereocenters. The predicted molar refractivity (Wildman–Crippen MR) is 126 cm³/mol. The highest BCUT2D eigenvalue weighted by atomic mass is 35.5. The first-order chi connectivity index (χ1) is 15.6. The van der Waals surface area contributed by atoms with Crippen molar-refractivity contribution >= 4 is 35.0 Å². The topological polar surface area (TPSA) is 77.5 Å². The molecule has 10 heteroatoms. The Balaban J connectivity index is 1.38. The van der Waals surface area contributed by atoms with Gasteiger partial charge in [-0.3, -0.25) is 13.8 Å². The Morgan fingerprint density at radius 1 is 1.22 bits per heavy atom. The molecule has 8 nitrogen and oxygen atoms in total. The van der Waals surface area contributed by atoms with Gasteiger partial charge >= 0.3 is 0 Å². The number of halogens is 1. The van der Waals surface area contributed by atoms with Crippen LogP contribution in [0.15, 0.2) is 34.3 Å². The minimum atomic E-state index is -0.142. The van der Waals surface area contributed by atoms with Crippen molar-refractivity contribution in [3.8, 4) is 0 Å². The number of fused-ring (bicyclic) bond motifs is 1. The third-order valence-electron chi connectivity index (χ3n) is 6.20. The van der Waals surface area contributed by atoms with E-state index in [0.29, 0.717) is 22.1 Å². The molecule has 170 valence electrons. The molecule has 2 fully saturated rings. The number of thioether (sulfide) groups is 1. The van der Waals surface area contributed by atoms with Crippen LogP contribution in [0.3, 0.4) is 0 Å². The van der Waals surface area contributed by atoms with Crippen molar-refractivity contribution in [3.05, 3.63) is 45.5 Å². The fourth-order valence-corrected chi connectivity index (χ4v) is 5.32. The molecule has 3 aromatic rings. The maximum atomic E-state index is 12.5. The van der Waals surface area contributed by atoms with Gasteiger partial charge in [-0.15, -0.1) is 10.2 Å². The highest BCUT2D eigenvalue weighted by molar-refractivity contribution is 7.98. The van der Waals surface area contributed by atoms with E-state index in [0.717, 1.165) is 56.1 Å². The van der Waals surface area contributed by atoms with Crippen molar-refractivity contribution in [2.45, 2.75) is 56.2 Å². The molecular weight excluding hydrogens is 448 g/mol. The average Bonchev–Trinajstić information content (AvgIpc) is 3.44. The highest BCUT2D eigenvalue weighted by Gasteiger charge is 2.26. The van der Waals surface area contributed by atoms with E-state index in [9.17, 15) is 4.79 Å². The fraction of sp³-hybridized carbons (Fsp3) is 0.545. The van der Waals surface area contributed by atoms with E-state index in [1.165, 1.54) is 17.2 Å². The molecule has 0 N–H and O–H groups in total. The summed E-state index contributed by atoms with van der Waals surface area (Å²) >= 11 is 7.57. The van der Waals surface area contributed by atoms with Crippen LogP contribution < -0.4 is 10.5 Å². The summed E-state index contributed by atoms with van der Waals surface area (Å²) in [5.41, 5.74) is 1.15. The number of ether oxygens (including phenoxy) is 1. The van der Waals surface area contributed by atoms with Crippen LogP contribution in [0.2, 0.25) is 5.02 Å². The van der Waals surface area contributed by atoms with Crippen LogP contribution in [-0.4, -0.2) is 49.9 Å².